The van der Waals surface area contributed by atoms with Gasteiger partial charge in [-0.3, -0.25) is 9.59 Å². The molecule has 0 spiro atoms. The lowest BCUT2D eigenvalue weighted by molar-refractivity contribution is -0.137. The fourth-order valence-corrected chi connectivity index (χ4v) is 4.51. The van der Waals surface area contributed by atoms with Crippen LogP contribution in [0.2, 0.25) is 5.02 Å². The second-order valence-electron chi connectivity index (χ2n) is 8.35. The lowest BCUT2D eigenvalue weighted by Gasteiger charge is -2.13. The van der Waals surface area contributed by atoms with E-state index in [0.29, 0.717) is 22.8 Å². The highest BCUT2D eigenvalue weighted by Gasteiger charge is 2.33. The molecule has 0 aromatic heterocycles. The summed E-state index contributed by atoms with van der Waals surface area (Å²) in [6, 6.07) is 14.4. The number of aliphatic hydroxyl groups excluding tert-OH is 2. The van der Waals surface area contributed by atoms with Crippen LogP contribution in [0, 0.1) is 0 Å². The van der Waals surface area contributed by atoms with E-state index in [2.05, 4.69) is 15.8 Å². The molecule has 3 aromatic rings. The Morgan fingerprint density at radius 2 is 1.90 bits per heavy atom. The number of ether oxygens (including phenoxy) is 1. The van der Waals surface area contributed by atoms with Gasteiger partial charge in [-0.05, 0) is 53.6 Å². The molecule has 0 heterocycles. The average molecular weight is 596 g/mol. The third kappa shape index (κ3) is 8.71. The number of anilines is 1. The van der Waals surface area contributed by atoms with Crippen molar-refractivity contribution in [3.8, 4) is 5.75 Å². The largest absolute Gasteiger partial charge is 0.497 e. The molecule has 4 N–H and O–H groups in total. The molecule has 1 atom stereocenters. The van der Waals surface area contributed by atoms with E-state index in [1.807, 2.05) is 6.07 Å². The first kappa shape index (κ1) is 31.0. The van der Waals surface area contributed by atoms with Crippen molar-refractivity contribution in [3.63, 3.8) is 0 Å². The third-order valence-corrected chi connectivity index (χ3v) is 6.86. The van der Waals surface area contributed by atoms with E-state index in [1.165, 1.54) is 37.1 Å². The summed E-state index contributed by atoms with van der Waals surface area (Å²) in [5.41, 5.74) is 2.55. The van der Waals surface area contributed by atoms with Crippen LogP contribution in [0.3, 0.4) is 0 Å². The molecule has 0 saturated heterocycles. The molecule has 3 aromatic carbocycles. The molecule has 2 amide bonds. The van der Waals surface area contributed by atoms with Gasteiger partial charge in [-0.1, -0.05) is 29.8 Å². The number of rotatable bonds is 11. The van der Waals surface area contributed by atoms with E-state index in [4.69, 9.17) is 21.4 Å². The molecular formula is C27H25ClF3N3O5S. The summed E-state index contributed by atoms with van der Waals surface area (Å²) < 4.78 is 44.5. The number of hydrogen-bond donors (Lipinski definition) is 4. The lowest BCUT2D eigenvalue weighted by atomic mass is 10.1. The van der Waals surface area contributed by atoms with Crippen LogP contribution in [0.25, 0.3) is 0 Å². The molecular weight excluding hydrogens is 571 g/mol. The van der Waals surface area contributed by atoms with E-state index >= 15 is 0 Å². The van der Waals surface area contributed by atoms with Crippen LogP contribution >= 0.6 is 23.4 Å². The molecule has 0 aliphatic rings. The predicted molar refractivity (Wildman–Crippen MR) is 148 cm³/mol. The highest BCUT2D eigenvalue weighted by Crippen LogP contribution is 2.34. The summed E-state index contributed by atoms with van der Waals surface area (Å²) in [4.78, 5) is 25.9. The van der Waals surface area contributed by atoms with E-state index in [1.54, 1.807) is 24.3 Å². The average Bonchev–Trinajstić information content (AvgIpc) is 2.93. The normalized spacial score (nSPS) is 12.3. The summed E-state index contributed by atoms with van der Waals surface area (Å²) in [6.07, 6.45) is -4.45. The Morgan fingerprint density at radius 3 is 2.60 bits per heavy atom. The first-order valence-electron chi connectivity index (χ1n) is 11.7. The number of carbonyl (C=O) groups is 2. The first-order valence-corrected chi connectivity index (χ1v) is 13.2. The van der Waals surface area contributed by atoms with E-state index < -0.39 is 34.7 Å². The quantitative estimate of drug-likeness (QED) is 0.184. The molecule has 8 nitrogen and oxygen atoms in total. The van der Waals surface area contributed by atoms with Crippen LogP contribution in [0.5, 0.6) is 5.75 Å². The number of thioether (sulfide) groups is 1. The smallest absolute Gasteiger partial charge is 0.417 e. The predicted octanol–water partition coefficient (Wildman–Crippen LogP) is 4.97. The molecule has 0 radical (unpaired) electrons. The summed E-state index contributed by atoms with van der Waals surface area (Å²) in [5.74, 6) is -0.0799. The summed E-state index contributed by atoms with van der Waals surface area (Å²) >= 11 is 7.02. The Balaban J connectivity index is 1.74. The van der Waals surface area contributed by atoms with Gasteiger partial charge in [-0.25, -0.2) is 5.43 Å². The van der Waals surface area contributed by atoms with Crippen molar-refractivity contribution in [2.24, 2.45) is 5.10 Å². The Morgan fingerprint density at radius 1 is 1.12 bits per heavy atom. The summed E-state index contributed by atoms with van der Waals surface area (Å²) in [7, 11) is 1.40. The van der Waals surface area contributed by atoms with Crippen molar-refractivity contribution in [1.82, 2.24) is 5.43 Å². The number of methoxy groups -OCH3 is 1. The summed E-state index contributed by atoms with van der Waals surface area (Å²) in [6.45, 7) is -0.335. The van der Waals surface area contributed by atoms with Crippen LogP contribution in [0.15, 0.2) is 65.8 Å². The van der Waals surface area contributed by atoms with E-state index in [0.717, 1.165) is 23.9 Å². The van der Waals surface area contributed by atoms with Gasteiger partial charge in [0.25, 0.3) is 11.8 Å². The molecule has 13 heteroatoms. The van der Waals surface area contributed by atoms with Crippen LogP contribution in [-0.4, -0.2) is 53.8 Å². The minimum absolute atomic E-state index is 0.00152. The minimum Gasteiger partial charge on any atom is -0.497 e. The maximum absolute atomic E-state index is 13.1. The monoisotopic (exact) mass is 595 g/mol. The number of nitrogens with one attached hydrogen (secondary N) is 2. The second-order valence-corrected chi connectivity index (χ2v) is 9.79. The maximum atomic E-state index is 13.1. The number of hydrogen-bond acceptors (Lipinski definition) is 7. The van der Waals surface area contributed by atoms with Crippen LogP contribution < -0.4 is 15.5 Å². The van der Waals surface area contributed by atoms with Crippen LogP contribution in [0.4, 0.5) is 18.9 Å². The number of alkyl halides is 3. The minimum atomic E-state index is -4.65. The molecule has 0 aliphatic carbocycles. The Bertz CT molecular complexity index is 1390. The Kier molecular flexibility index (Phi) is 11.0. The molecule has 1 unspecified atom stereocenters. The first-order chi connectivity index (χ1) is 19.0. The molecule has 212 valence electrons. The maximum Gasteiger partial charge on any atom is 0.417 e. The van der Waals surface area contributed by atoms with Gasteiger partial charge < -0.3 is 20.3 Å². The van der Waals surface area contributed by atoms with Gasteiger partial charge in [-0.15, -0.1) is 0 Å². The molecule has 40 heavy (non-hydrogen) atoms. The number of benzene rings is 3. The Labute approximate surface area is 237 Å². The third-order valence-electron chi connectivity index (χ3n) is 5.37. The van der Waals surface area contributed by atoms with Crippen molar-refractivity contribution < 1.29 is 37.7 Å². The van der Waals surface area contributed by atoms with Crippen molar-refractivity contribution in [2.45, 2.75) is 18.0 Å². The number of amides is 2. The van der Waals surface area contributed by atoms with Crippen molar-refractivity contribution in [3.05, 3.63) is 93.5 Å². The van der Waals surface area contributed by atoms with Crippen molar-refractivity contribution >= 4 is 47.1 Å². The van der Waals surface area contributed by atoms with E-state index in [-0.39, 0.29) is 23.4 Å². The second kappa shape index (κ2) is 14.2. The van der Waals surface area contributed by atoms with Crippen molar-refractivity contribution in [2.75, 3.05) is 24.8 Å². The standard InChI is InChI=1S/C27H25ClF3N3O5S/c1-39-20-6-8-24(33-25(37)18-4-2-3-17(9-18)14-40-15-19(36)13-35)21(11-20)26(38)34-32-12-16-5-7-23(28)22(10-16)27(29,30)31/h2-12,19,35-36H,13-15H2,1H3,(H,33,37)(H,34,38). The molecule has 0 aliphatic heterocycles. The van der Waals surface area contributed by atoms with Gasteiger partial charge in [0.2, 0.25) is 0 Å². The zero-order valence-electron chi connectivity index (χ0n) is 21.0. The van der Waals surface area contributed by atoms with Crippen LogP contribution in [-0.2, 0) is 11.9 Å². The summed E-state index contributed by atoms with van der Waals surface area (Å²) in [5, 5.41) is 24.4. The van der Waals surface area contributed by atoms with Gasteiger partial charge in [0.15, 0.2) is 0 Å². The SMILES string of the molecule is COc1ccc(NC(=O)c2cccc(CSCC(O)CO)c2)c(C(=O)NN=Cc2ccc(Cl)c(C(F)(F)F)c2)c1. The number of hydrazone groups is 1. The van der Waals surface area contributed by atoms with Crippen LogP contribution in [0.1, 0.15) is 37.4 Å². The number of nitrogens with zero attached hydrogens (tertiary/aromatic N) is 1. The number of carbonyl (C=O) groups excluding carboxylic acids is 2. The van der Waals surface area contributed by atoms with Crippen molar-refractivity contribution in [1.29, 1.82) is 0 Å². The van der Waals surface area contributed by atoms with E-state index in [9.17, 15) is 27.9 Å². The zero-order valence-corrected chi connectivity index (χ0v) is 22.6. The van der Waals surface area contributed by atoms with Gasteiger partial charge in [0.05, 0.1) is 47.9 Å². The Hall–Kier alpha value is -3.58. The fraction of sp³-hybridized carbons (Fsp3) is 0.222. The molecule has 0 bridgehead atoms. The van der Waals surface area contributed by atoms with Gasteiger partial charge >= 0.3 is 6.18 Å². The molecule has 0 saturated carbocycles. The van der Waals surface area contributed by atoms with Gasteiger partial charge in [-0.2, -0.15) is 30.0 Å². The highest BCUT2D eigenvalue weighted by atomic mass is 35.5. The molecule has 0 fully saturated rings. The zero-order chi connectivity index (χ0) is 29.3. The molecule has 3 rings (SSSR count). The van der Waals surface area contributed by atoms with Gasteiger partial charge in [0.1, 0.15) is 5.75 Å². The fourth-order valence-electron chi connectivity index (χ4n) is 3.38. The lowest BCUT2D eigenvalue weighted by Crippen LogP contribution is -2.21. The topological polar surface area (TPSA) is 120 Å². The highest BCUT2D eigenvalue weighted by molar-refractivity contribution is 7.98. The van der Waals surface area contributed by atoms with Gasteiger partial charge in [0, 0.05) is 17.1 Å². The number of halogens is 4. The number of aliphatic hydroxyl groups is 2.